The standard InChI is InChI=1S/C44H28N6/c1-2-15-29(16-3-1)30-17-4-5-21-34(30)41-46-42(48-44(47-41)50-38-25-11-6-18-31(38)32-19-7-12-26-39(32)50)36-22-9-13-27-40(36)49-37-24-10-8-20-33(37)35-23-14-28-45-43(35)49/h1-28H. The lowest BCUT2D eigenvalue weighted by atomic mass is 9.99. The molecule has 0 unspecified atom stereocenters. The Labute approximate surface area is 287 Å². The summed E-state index contributed by atoms with van der Waals surface area (Å²) in [4.78, 5) is 20.7. The van der Waals surface area contributed by atoms with Crippen LogP contribution >= 0.6 is 0 Å². The van der Waals surface area contributed by atoms with Gasteiger partial charge in [0.1, 0.15) is 5.65 Å². The van der Waals surface area contributed by atoms with Crippen molar-refractivity contribution < 1.29 is 0 Å². The van der Waals surface area contributed by atoms with Gasteiger partial charge in [-0.2, -0.15) is 9.97 Å². The van der Waals surface area contributed by atoms with Crippen molar-refractivity contribution in [1.82, 2.24) is 29.1 Å². The highest BCUT2D eigenvalue weighted by molar-refractivity contribution is 6.09. The first-order chi connectivity index (χ1) is 24.8. The first kappa shape index (κ1) is 28.1. The number of para-hydroxylation sites is 4. The van der Waals surface area contributed by atoms with E-state index >= 15 is 0 Å². The monoisotopic (exact) mass is 640 g/mol. The molecule has 0 aliphatic rings. The summed E-state index contributed by atoms with van der Waals surface area (Å²) in [6.45, 7) is 0. The molecule has 0 radical (unpaired) electrons. The fraction of sp³-hybridized carbons (Fsp3) is 0. The summed E-state index contributed by atoms with van der Waals surface area (Å²) >= 11 is 0. The highest BCUT2D eigenvalue weighted by Crippen LogP contribution is 2.37. The van der Waals surface area contributed by atoms with Crippen molar-refractivity contribution in [2.75, 3.05) is 0 Å². The molecule has 10 aromatic rings. The molecule has 6 heteroatoms. The summed E-state index contributed by atoms with van der Waals surface area (Å²) in [5.41, 5.74) is 8.93. The van der Waals surface area contributed by atoms with Crippen molar-refractivity contribution in [3.8, 4) is 45.5 Å². The number of nitrogens with zero attached hydrogens (tertiary/aromatic N) is 6. The predicted octanol–water partition coefficient (Wildman–Crippen LogP) is 10.5. The van der Waals surface area contributed by atoms with Crippen LogP contribution in [-0.4, -0.2) is 29.1 Å². The van der Waals surface area contributed by atoms with Crippen LogP contribution < -0.4 is 0 Å². The molecule has 0 aliphatic heterocycles. The van der Waals surface area contributed by atoms with E-state index in [0.717, 1.165) is 71.7 Å². The number of benzene rings is 6. The number of fused-ring (bicyclic) bond motifs is 6. The summed E-state index contributed by atoms with van der Waals surface area (Å²) in [7, 11) is 0. The van der Waals surface area contributed by atoms with Crippen molar-refractivity contribution >= 4 is 43.7 Å². The van der Waals surface area contributed by atoms with E-state index in [4.69, 9.17) is 19.9 Å². The number of pyridine rings is 1. The molecular formula is C44H28N6. The van der Waals surface area contributed by atoms with Crippen LogP contribution in [-0.2, 0) is 0 Å². The van der Waals surface area contributed by atoms with Gasteiger partial charge in [-0.15, -0.1) is 0 Å². The molecule has 6 aromatic carbocycles. The summed E-state index contributed by atoms with van der Waals surface area (Å²) in [6.07, 6.45) is 1.85. The number of rotatable bonds is 5. The molecule has 234 valence electrons. The molecule has 0 bridgehead atoms. The second kappa shape index (κ2) is 11.4. The van der Waals surface area contributed by atoms with E-state index in [-0.39, 0.29) is 0 Å². The average molecular weight is 641 g/mol. The van der Waals surface area contributed by atoms with Gasteiger partial charge in [0.15, 0.2) is 11.6 Å². The van der Waals surface area contributed by atoms with E-state index in [1.54, 1.807) is 0 Å². The SMILES string of the molecule is c1ccc(-c2ccccc2-c2nc(-c3ccccc3-n3c4ccccc4c4cccnc43)nc(-n3c4ccccc4c4ccccc43)n2)cc1. The average Bonchev–Trinajstić information content (AvgIpc) is 3.71. The Morgan fingerprint density at radius 1 is 0.360 bits per heavy atom. The van der Waals surface area contributed by atoms with Gasteiger partial charge in [-0.25, -0.2) is 9.97 Å². The third-order valence-electron chi connectivity index (χ3n) is 9.48. The summed E-state index contributed by atoms with van der Waals surface area (Å²) in [6, 6.07) is 56.5. The fourth-order valence-corrected chi connectivity index (χ4v) is 7.29. The lowest BCUT2D eigenvalue weighted by molar-refractivity contribution is 0.951. The second-order valence-electron chi connectivity index (χ2n) is 12.3. The summed E-state index contributed by atoms with van der Waals surface area (Å²) in [5.74, 6) is 1.73. The Balaban J connectivity index is 1.30. The highest BCUT2D eigenvalue weighted by Gasteiger charge is 2.22. The quantitative estimate of drug-likeness (QED) is 0.188. The van der Waals surface area contributed by atoms with Gasteiger partial charge in [0, 0.05) is 38.9 Å². The fourth-order valence-electron chi connectivity index (χ4n) is 7.29. The molecule has 0 spiro atoms. The van der Waals surface area contributed by atoms with E-state index < -0.39 is 0 Å². The predicted molar refractivity (Wildman–Crippen MR) is 203 cm³/mol. The number of hydrogen-bond acceptors (Lipinski definition) is 4. The molecule has 0 atom stereocenters. The Hall–Kier alpha value is -6.92. The molecule has 0 saturated carbocycles. The van der Waals surface area contributed by atoms with Crippen molar-refractivity contribution in [2.24, 2.45) is 0 Å². The van der Waals surface area contributed by atoms with Gasteiger partial charge < -0.3 is 0 Å². The zero-order valence-electron chi connectivity index (χ0n) is 26.8. The van der Waals surface area contributed by atoms with Crippen LogP contribution in [0, 0.1) is 0 Å². The van der Waals surface area contributed by atoms with Crippen LogP contribution in [0.3, 0.4) is 0 Å². The molecule has 4 aromatic heterocycles. The molecule has 0 fully saturated rings. The van der Waals surface area contributed by atoms with Crippen LogP contribution in [0.1, 0.15) is 0 Å². The molecule has 10 rings (SSSR count). The van der Waals surface area contributed by atoms with E-state index in [1.807, 2.05) is 30.5 Å². The minimum Gasteiger partial charge on any atom is -0.293 e. The minimum absolute atomic E-state index is 0.556. The van der Waals surface area contributed by atoms with Gasteiger partial charge in [-0.05, 0) is 53.6 Å². The summed E-state index contributed by atoms with van der Waals surface area (Å²) in [5, 5.41) is 4.53. The minimum atomic E-state index is 0.556. The van der Waals surface area contributed by atoms with Gasteiger partial charge in [0.2, 0.25) is 5.95 Å². The third-order valence-corrected chi connectivity index (χ3v) is 9.48. The van der Waals surface area contributed by atoms with Crippen molar-refractivity contribution in [2.45, 2.75) is 0 Å². The van der Waals surface area contributed by atoms with Crippen LogP contribution in [0.2, 0.25) is 0 Å². The lowest BCUT2D eigenvalue weighted by Crippen LogP contribution is -2.08. The lowest BCUT2D eigenvalue weighted by Gasteiger charge is -2.16. The molecule has 4 heterocycles. The van der Waals surface area contributed by atoms with Crippen molar-refractivity contribution in [3.63, 3.8) is 0 Å². The number of aromatic nitrogens is 6. The first-order valence-electron chi connectivity index (χ1n) is 16.7. The van der Waals surface area contributed by atoms with Gasteiger partial charge >= 0.3 is 0 Å². The van der Waals surface area contributed by atoms with E-state index in [2.05, 4.69) is 149 Å². The maximum atomic E-state index is 5.31. The maximum Gasteiger partial charge on any atom is 0.238 e. The number of hydrogen-bond donors (Lipinski definition) is 0. The maximum absolute atomic E-state index is 5.31. The van der Waals surface area contributed by atoms with Gasteiger partial charge in [-0.1, -0.05) is 121 Å². The van der Waals surface area contributed by atoms with Gasteiger partial charge in [-0.3, -0.25) is 9.13 Å². The molecule has 0 amide bonds. The van der Waals surface area contributed by atoms with Gasteiger partial charge in [0.05, 0.1) is 22.2 Å². The Morgan fingerprint density at radius 2 is 0.860 bits per heavy atom. The largest absolute Gasteiger partial charge is 0.293 e. The molecule has 50 heavy (non-hydrogen) atoms. The first-order valence-corrected chi connectivity index (χ1v) is 16.7. The Morgan fingerprint density at radius 3 is 1.56 bits per heavy atom. The molecular weight excluding hydrogens is 613 g/mol. The van der Waals surface area contributed by atoms with E-state index in [9.17, 15) is 0 Å². The smallest absolute Gasteiger partial charge is 0.238 e. The molecule has 6 nitrogen and oxygen atoms in total. The van der Waals surface area contributed by atoms with Crippen molar-refractivity contribution in [1.29, 1.82) is 0 Å². The molecule has 0 aliphatic carbocycles. The zero-order valence-corrected chi connectivity index (χ0v) is 26.8. The Kier molecular flexibility index (Phi) is 6.39. The van der Waals surface area contributed by atoms with Crippen molar-refractivity contribution in [3.05, 3.63) is 170 Å². The van der Waals surface area contributed by atoms with E-state index in [0.29, 0.717) is 17.6 Å². The third kappa shape index (κ3) is 4.36. The second-order valence-corrected chi connectivity index (χ2v) is 12.3. The normalized spacial score (nSPS) is 11.6. The molecule has 0 N–H and O–H groups in total. The van der Waals surface area contributed by atoms with Crippen LogP contribution in [0.4, 0.5) is 0 Å². The van der Waals surface area contributed by atoms with Crippen LogP contribution in [0.25, 0.3) is 89.3 Å². The van der Waals surface area contributed by atoms with E-state index in [1.165, 1.54) is 0 Å². The Bertz CT molecular complexity index is 2780. The van der Waals surface area contributed by atoms with Crippen LogP contribution in [0.15, 0.2) is 170 Å². The topological polar surface area (TPSA) is 61.4 Å². The zero-order chi connectivity index (χ0) is 33.0. The molecule has 0 saturated heterocycles. The summed E-state index contributed by atoms with van der Waals surface area (Å²) < 4.78 is 4.39. The van der Waals surface area contributed by atoms with Crippen LogP contribution in [0.5, 0.6) is 0 Å². The van der Waals surface area contributed by atoms with Gasteiger partial charge in [0.25, 0.3) is 0 Å². The highest BCUT2D eigenvalue weighted by atomic mass is 15.2.